The molecule has 2 N–H and O–H groups in total. The highest BCUT2D eigenvalue weighted by Crippen LogP contribution is 2.23. The largest absolute Gasteiger partial charge is 0.397 e. The van der Waals surface area contributed by atoms with Gasteiger partial charge in [0.1, 0.15) is 12.2 Å². The standard InChI is InChI=1S/C11H8F3N3OS2/c12-11(13,14)5-8(18)15-7-3-1-2-6(4-7)9-16-10(19)20-17-9/h1-4H,5H2,(H,15,18)(H,16,17,19). The zero-order chi connectivity index (χ0) is 14.8. The van der Waals surface area contributed by atoms with Crippen molar-refractivity contribution in [1.82, 2.24) is 9.36 Å². The first-order chi connectivity index (χ1) is 9.33. The van der Waals surface area contributed by atoms with Crippen molar-refractivity contribution in [2.24, 2.45) is 0 Å². The Morgan fingerprint density at radius 2 is 2.20 bits per heavy atom. The van der Waals surface area contributed by atoms with Gasteiger partial charge in [-0.1, -0.05) is 12.1 Å². The number of amides is 1. The van der Waals surface area contributed by atoms with Crippen LogP contribution in [0.5, 0.6) is 0 Å². The molecule has 0 radical (unpaired) electrons. The van der Waals surface area contributed by atoms with Gasteiger partial charge in [0, 0.05) is 11.3 Å². The third-order valence-corrected chi connectivity index (χ3v) is 3.12. The van der Waals surface area contributed by atoms with Gasteiger partial charge in [-0.05, 0) is 35.9 Å². The summed E-state index contributed by atoms with van der Waals surface area (Å²) in [5.74, 6) is -0.604. The summed E-state index contributed by atoms with van der Waals surface area (Å²) in [5, 5.41) is 2.19. The molecule has 0 bridgehead atoms. The average Bonchev–Trinajstić information content (AvgIpc) is 2.73. The molecule has 0 spiro atoms. The molecule has 9 heteroatoms. The van der Waals surface area contributed by atoms with E-state index in [0.29, 0.717) is 15.3 Å². The second-order valence-electron chi connectivity index (χ2n) is 3.85. The minimum Gasteiger partial charge on any atom is -0.326 e. The molecule has 0 saturated heterocycles. The van der Waals surface area contributed by atoms with Crippen LogP contribution in [0.15, 0.2) is 24.3 Å². The molecule has 0 unspecified atom stereocenters. The average molecular weight is 319 g/mol. The molecule has 0 aliphatic carbocycles. The maximum atomic E-state index is 12.1. The number of carbonyl (C=O) groups is 1. The lowest BCUT2D eigenvalue weighted by atomic mass is 10.2. The van der Waals surface area contributed by atoms with Crippen molar-refractivity contribution in [3.63, 3.8) is 0 Å². The lowest BCUT2D eigenvalue weighted by Crippen LogP contribution is -2.21. The summed E-state index contributed by atoms with van der Waals surface area (Å²) in [6.45, 7) is 0. The highest BCUT2D eigenvalue weighted by atomic mass is 32.2. The maximum Gasteiger partial charge on any atom is 0.397 e. The number of aromatic amines is 1. The number of hydrogen-bond acceptors (Lipinski definition) is 4. The first-order valence-corrected chi connectivity index (χ1v) is 6.58. The van der Waals surface area contributed by atoms with E-state index in [1.165, 1.54) is 23.7 Å². The zero-order valence-corrected chi connectivity index (χ0v) is 11.5. The number of hydrogen-bond donors (Lipinski definition) is 2. The summed E-state index contributed by atoms with van der Waals surface area (Å²) >= 11 is 6.05. The number of carbonyl (C=O) groups excluding carboxylic acids is 1. The molecular weight excluding hydrogens is 311 g/mol. The van der Waals surface area contributed by atoms with Crippen molar-refractivity contribution in [3.05, 3.63) is 28.2 Å². The molecule has 0 aliphatic heterocycles. The highest BCUT2D eigenvalue weighted by Gasteiger charge is 2.31. The molecule has 2 rings (SSSR count). The first kappa shape index (κ1) is 14.7. The van der Waals surface area contributed by atoms with Crippen LogP contribution in [0.2, 0.25) is 0 Å². The number of benzene rings is 1. The summed E-state index contributed by atoms with van der Waals surface area (Å²) in [6.07, 6.45) is -6.04. The number of anilines is 1. The van der Waals surface area contributed by atoms with E-state index < -0.39 is 18.5 Å². The van der Waals surface area contributed by atoms with Crippen LogP contribution in [0.1, 0.15) is 6.42 Å². The number of nitrogens with zero attached hydrogens (tertiary/aromatic N) is 1. The van der Waals surface area contributed by atoms with Gasteiger partial charge in [0.25, 0.3) is 0 Å². The van der Waals surface area contributed by atoms with E-state index in [4.69, 9.17) is 12.2 Å². The van der Waals surface area contributed by atoms with E-state index >= 15 is 0 Å². The van der Waals surface area contributed by atoms with Crippen molar-refractivity contribution in [2.45, 2.75) is 12.6 Å². The number of aromatic nitrogens is 2. The fraction of sp³-hybridized carbons (Fsp3) is 0.182. The summed E-state index contributed by atoms with van der Waals surface area (Å²) < 4.78 is 39.5. The smallest absolute Gasteiger partial charge is 0.326 e. The van der Waals surface area contributed by atoms with Crippen LogP contribution in [0, 0.1) is 3.95 Å². The Kier molecular flexibility index (Phi) is 4.19. The lowest BCUT2D eigenvalue weighted by molar-refractivity contribution is -0.150. The first-order valence-electron chi connectivity index (χ1n) is 5.36. The molecule has 2 aromatic rings. The molecule has 0 saturated carbocycles. The summed E-state index contributed by atoms with van der Waals surface area (Å²) in [7, 11) is 0. The molecule has 1 aromatic carbocycles. The highest BCUT2D eigenvalue weighted by molar-refractivity contribution is 7.73. The Labute approximate surface area is 120 Å². The number of halogens is 3. The fourth-order valence-electron chi connectivity index (χ4n) is 1.48. The van der Waals surface area contributed by atoms with Crippen molar-refractivity contribution >= 4 is 35.3 Å². The second kappa shape index (κ2) is 5.71. The van der Waals surface area contributed by atoms with Gasteiger partial charge in [-0.25, -0.2) is 4.98 Å². The molecule has 0 aliphatic rings. The van der Waals surface area contributed by atoms with Crippen LogP contribution < -0.4 is 5.32 Å². The Bertz CT molecular complexity index is 678. The molecule has 1 heterocycles. The number of rotatable bonds is 3. The van der Waals surface area contributed by atoms with Gasteiger partial charge in [-0.3, -0.25) is 9.17 Å². The summed E-state index contributed by atoms with van der Waals surface area (Å²) in [5.41, 5.74) is 0.895. The molecule has 0 atom stereocenters. The molecule has 1 amide bonds. The number of nitrogens with one attached hydrogen (secondary N) is 2. The fourth-order valence-corrected chi connectivity index (χ4v) is 2.18. The molecule has 1 aromatic heterocycles. The van der Waals surface area contributed by atoms with Crippen LogP contribution in [0.4, 0.5) is 18.9 Å². The van der Waals surface area contributed by atoms with Gasteiger partial charge in [0.05, 0.1) is 0 Å². The third-order valence-electron chi connectivity index (χ3n) is 2.22. The lowest BCUT2D eigenvalue weighted by Gasteiger charge is -2.08. The van der Waals surface area contributed by atoms with Crippen LogP contribution in [-0.4, -0.2) is 21.4 Å². The molecule has 20 heavy (non-hydrogen) atoms. The van der Waals surface area contributed by atoms with Gasteiger partial charge in [0.15, 0.2) is 3.95 Å². The molecular formula is C11H8F3N3OS2. The van der Waals surface area contributed by atoms with Crippen LogP contribution >= 0.6 is 23.8 Å². The van der Waals surface area contributed by atoms with E-state index in [-0.39, 0.29) is 5.69 Å². The normalized spacial score (nSPS) is 11.3. The minimum atomic E-state index is -4.53. The van der Waals surface area contributed by atoms with E-state index in [1.807, 2.05) is 0 Å². The quantitative estimate of drug-likeness (QED) is 0.847. The topological polar surface area (TPSA) is 57.8 Å². The third kappa shape index (κ3) is 4.14. The SMILES string of the molecule is O=C(CC(F)(F)F)Nc1cccc(-c2nc(=S)s[nH]2)c1. The predicted octanol–water partition coefficient (Wildman–Crippen LogP) is 3.76. The van der Waals surface area contributed by atoms with Gasteiger partial charge in [0.2, 0.25) is 5.91 Å². The van der Waals surface area contributed by atoms with Crippen LogP contribution in [0.25, 0.3) is 11.4 Å². The van der Waals surface area contributed by atoms with Gasteiger partial charge in [-0.15, -0.1) is 0 Å². The number of alkyl halides is 3. The van der Waals surface area contributed by atoms with E-state index in [2.05, 4.69) is 14.7 Å². The molecule has 4 nitrogen and oxygen atoms in total. The zero-order valence-electron chi connectivity index (χ0n) is 9.82. The Balaban J connectivity index is 2.14. The van der Waals surface area contributed by atoms with Crippen LogP contribution in [0.3, 0.4) is 0 Å². The maximum absolute atomic E-state index is 12.1. The van der Waals surface area contributed by atoms with Gasteiger partial charge < -0.3 is 5.32 Å². The minimum absolute atomic E-state index is 0.268. The van der Waals surface area contributed by atoms with Crippen molar-refractivity contribution in [1.29, 1.82) is 0 Å². The summed E-state index contributed by atoms with van der Waals surface area (Å²) in [6, 6.07) is 6.34. The van der Waals surface area contributed by atoms with Gasteiger partial charge >= 0.3 is 6.18 Å². The summed E-state index contributed by atoms with van der Waals surface area (Å²) in [4.78, 5) is 15.3. The Hall–Kier alpha value is -1.74. The molecule has 106 valence electrons. The van der Waals surface area contributed by atoms with Crippen LogP contribution in [-0.2, 0) is 4.79 Å². The van der Waals surface area contributed by atoms with Crippen molar-refractivity contribution in [3.8, 4) is 11.4 Å². The van der Waals surface area contributed by atoms with E-state index in [0.717, 1.165) is 0 Å². The molecule has 0 fully saturated rings. The predicted molar refractivity (Wildman–Crippen MR) is 72.0 cm³/mol. The van der Waals surface area contributed by atoms with Crippen molar-refractivity contribution in [2.75, 3.05) is 5.32 Å². The van der Waals surface area contributed by atoms with Gasteiger partial charge in [-0.2, -0.15) is 13.2 Å². The number of H-pyrrole nitrogens is 1. The van der Waals surface area contributed by atoms with Crippen molar-refractivity contribution < 1.29 is 18.0 Å². The Morgan fingerprint density at radius 1 is 1.45 bits per heavy atom. The monoisotopic (exact) mass is 319 g/mol. The Morgan fingerprint density at radius 3 is 2.80 bits per heavy atom. The second-order valence-corrected chi connectivity index (χ2v) is 5.29. The van der Waals surface area contributed by atoms with E-state index in [1.54, 1.807) is 12.1 Å². The van der Waals surface area contributed by atoms with E-state index in [9.17, 15) is 18.0 Å².